The lowest BCUT2D eigenvalue weighted by atomic mass is 9.99. The number of halogens is 2. The van der Waals surface area contributed by atoms with Crippen molar-refractivity contribution in [3.05, 3.63) is 44.7 Å². The second kappa shape index (κ2) is 5.76. The molecule has 0 aromatic heterocycles. The van der Waals surface area contributed by atoms with Crippen LogP contribution in [-0.4, -0.2) is 16.9 Å². The molecule has 0 fully saturated rings. The van der Waals surface area contributed by atoms with Gasteiger partial charge in [0.05, 0.1) is 11.4 Å². The van der Waals surface area contributed by atoms with Gasteiger partial charge in [0.2, 0.25) is 0 Å². The molecule has 4 nitrogen and oxygen atoms in total. The van der Waals surface area contributed by atoms with E-state index >= 15 is 0 Å². The van der Waals surface area contributed by atoms with Crippen LogP contribution in [0, 0.1) is 0 Å². The van der Waals surface area contributed by atoms with E-state index in [4.69, 9.17) is 23.2 Å². The maximum absolute atomic E-state index is 6.15. The summed E-state index contributed by atoms with van der Waals surface area (Å²) in [4.78, 5) is 4.52. The summed E-state index contributed by atoms with van der Waals surface area (Å²) in [5.41, 5.74) is 9.29. The Hall–Kier alpha value is -1.04. The maximum atomic E-state index is 6.15. The van der Waals surface area contributed by atoms with Gasteiger partial charge in [0.25, 0.3) is 0 Å². The minimum absolute atomic E-state index is 0.249. The number of aliphatic imine (C=N–C) groups is 1. The first-order chi connectivity index (χ1) is 9.32. The zero-order valence-corrected chi connectivity index (χ0v) is 14.0. The number of nitrogens with two attached hydrogens (primary N) is 2. The highest BCUT2D eigenvalue weighted by molar-refractivity contribution is 9.10. The molecule has 0 amide bonds. The fourth-order valence-electron chi connectivity index (χ4n) is 2.02. The van der Waals surface area contributed by atoms with Gasteiger partial charge >= 0.3 is 0 Å². The molecule has 1 aliphatic heterocycles. The molecule has 1 aliphatic rings. The van der Waals surface area contributed by atoms with Gasteiger partial charge in [0.15, 0.2) is 0 Å². The fraction of sp³-hybridized carbons (Fsp3) is 0.357. The molecule has 0 saturated carbocycles. The van der Waals surface area contributed by atoms with Gasteiger partial charge in [0.1, 0.15) is 11.3 Å². The standard InChI is InChI=1S/C14H18BrClN4/c1-7(2)9-4-5-10(11(15)6-9)13-12(17)14(16)20(18)8(3)19-13/h4-8H,17-18H2,1-3H3. The third-order valence-electron chi connectivity index (χ3n) is 3.34. The molecule has 1 aromatic carbocycles. The highest BCUT2D eigenvalue weighted by Crippen LogP contribution is 2.28. The Morgan fingerprint density at radius 3 is 2.60 bits per heavy atom. The molecule has 1 unspecified atom stereocenters. The van der Waals surface area contributed by atoms with Gasteiger partial charge in [-0.05, 0) is 24.5 Å². The number of nitrogens with zero attached hydrogens (tertiary/aromatic N) is 2. The third kappa shape index (κ3) is 2.71. The molecule has 6 heteroatoms. The summed E-state index contributed by atoms with van der Waals surface area (Å²) in [6.45, 7) is 6.17. The lowest BCUT2D eigenvalue weighted by Gasteiger charge is -2.29. The number of benzene rings is 1. The van der Waals surface area contributed by atoms with Crippen molar-refractivity contribution < 1.29 is 0 Å². The predicted molar refractivity (Wildman–Crippen MR) is 87.3 cm³/mol. The maximum Gasteiger partial charge on any atom is 0.146 e. The molecule has 0 aliphatic carbocycles. The Morgan fingerprint density at radius 1 is 1.40 bits per heavy atom. The molecule has 20 heavy (non-hydrogen) atoms. The number of allylic oxidation sites excluding steroid dienone is 1. The first-order valence-corrected chi connectivity index (χ1v) is 7.57. The van der Waals surface area contributed by atoms with Crippen LogP contribution in [0.1, 0.15) is 37.8 Å². The fourth-order valence-corrected chi connectivity index (χ4v) is 2.83. The van der Waals surface area contributed by atoms with Crippen molar-refractivity contribution in [3.8, 4) is 0 Å². The van der Waals surface area contributed by atoms with Crippen LogP contribution in [0.25, 0.3) is 0 Å². The van der Waals surface area contributed by atoms with E-state index in [9.17, 15) is 0 Å². The second-order valence-corrected chi connectivity index (χ2v) is 6.33. The van der Waals surface area contributed by atoms with E-state index in [-0.39, 0.29) is 6.17 Å². The van der Waals surface area contributed by atoms with E-state index in [0.29, 0.717) is 22.5 Å². The van der Waals surface area contributed by atoms with Gasteiger partial charge in [-0.3, -0.25) is 10.0 Å². The second-order valence-electron chi connectivity index (χ2n) is 5.12. The largest absolute Gasteiger partial charge is 0.394 e. The van der Waals surface area contributed by atoms with Gasteiger partial charge < -0.3 is 5.73 Å². The number of hydrogen-bond donors (Lipinski definition) is 2. The van der Waals surface area contributed by atoms with Crippen LogP contribution in [-0.2, 0) is 0 Å². The predicted octanol–water partition coefficient (Wildman–Crippen LogP) is 3.26. The topological polar surface area (TPSA) is 67.6 Å². The smallest absolute Gasteiger partial charge is 0.146 e. The Balaban J connectivity index is 2.49. The minimum atomic E-state index is -0.249. The van der Waals surface area contributed by atoms with Crippen molar-refractivity contribution in [2.45, 2.75) is 32.9 Å². The molecular formula is C14H18BrClN4. The van der Waals surface area contributed by atoms with Crippen LogP contribution in [0.4, 0.5) is 0 Å². The molecule has 1 atom stereocenters. The van der Waals surface area contributed by atoms with Crippen molar-refractivity contribution >= 4 is 33.2 Å². The van der Waals surface area contributed by atoms with Crippen LogP contribution in [0.15, 0.2) is 38.5 Å². The van der Waals surface area contributed by atoms with Crippen molar-refractivity contribution in [3.63, 3.8) is 0 Å². The van der Waals surface area contributed by atoms with Crippen molar-refractivity contribution in [2.24, 2.45) is 16.6 Å². The number of rotatable bonds is 2. The van der Waals surface area contributed by atoms with Crippen LogP contribution < -0.4 is 11.6 Å². The van der Waals surface area contributed by atoms with Crippen LogP contribution in [0.5, 0.6) is 0 Å². The normalized spacial score (nSPS) is 19.6. The zero-order chi connectivity index (χ0) is 15.0. The minimum Gasteiger partial charge on any atom is -0.394 e. The number of hydrazine groups is 1. The van der Waals surface area contributed by atoms with E-state index in [1.165, 1.54) is 10.6 Å². The summed E-state index contributed by atoms with van der Waals surface area (Å²) in [6, 6.07) is 6.17. The van der Waals surface area contributed by atoms with E-state index in [1.54, 1.807) is 0 Å². The molecule has 0 radical (unpaired) electrons. The summed E-state index contributed by atoms with van der Waals surface area (Å²) in [5, 5.41) is 1.68. The first-order valence-electron chi connectivity index (χ1n) is 6.40. The van der Waals surface area contributed by atoms with Crippen molar-refractivity contribution in [2.75, 3.05) is 0 Å². The summed E-state index contributed by atoms with van der Waals surface area (Å²) in [7, 11) is 0. The van der Waals surface area contributed by atoms with Gasteiger partial charge in [0, 0.05) is 10.0 Å². The van der Waals surface area contributed by atoms with E-state index in [2.05, 4.69) is 46.9 Å². The Kier molecular flexibility index (Phi) is 4.42. The highest BCUT2D eigenvalue weighted by atomic mass is 79.9. The molecule has 1 aromatic rings. The van der Waals surface area contributed by atoms with E-state index in [1.807, 2.05) is 13.0 Å². The molecule has 0 bridgehead atoms. The summed E-state index contributed by atoms with van der Waals surface area (Å²) in [5.74, 6) is 6.26. The summed E-state index contributed by atoms with van der Waals surface area (Å²) >= 11 is 9.74. The lowest BCUT2D eigenvalue weighted by Crippen LogP contribution is -2.42. The zero-order valence-electron chi connectivity index (χ0n) is 11.7. The van der Waals surface area contributed by atoms with Gasteiger partial charge in [-0.2, -0.15) is 0 Å². The number of hydrogen-bond acceptors (Lipinski definition) is 4. The molecule has 1 heterocycles. The first kappa shape index (κ1) is 15.4. The van der Waals surface area contributed by atoms with Crippen LogP contribution in [0.2, 0.25) is 0 Å². The Labute approximate surface area is 132 Å². The molecule has 108 valence electrons. The van der Waals surface area contributed by atoms with Gasteiger partial charge in [-0.15, -0.1) is 0 Å². The van der Waals surface area contributed by atoms with Crippen molar-refractivity contribution in [1.82, 2.24) is 5.01 Å². The van der Waals surface area contributed by atoms with Gasteiger partial charge in [-0.25, -0.2) is 5.84 Å². The van der Waals surface area contributed by atoms with Gasteiger partial charge in [-0.1, -0.05) is 53.5 Å². The van der Waals surface area contributed by atoms with Crippen LogP contribution in [0.3, 0.4) is 0 Å². The quantitative estimate of drug-likeness (QED) is 0.630. The highest BCUT2D eigenvalue weighted by Gasteiger charge is 2.25. The molecule has 0 saturated heterocycles. The Morgan fingerprint density at radius 2 is 2.05 bits per heavy atom. The molecule has 4 N–H and O–H groups in total. The Bertz CT molecular complexity index is 595. The average molecular weight is 358 g/mol. The molecule has 2 rings (SSSR count). The molecule has 0 spiro atoms. The van der Waals surface area contributed by atoms with E-state index < -0.39 is 0 Å². The lowest BCUT2D eigenvalue weighted by molar-refractivity contribution is 0.295. The van der Waals surface area contributed by atoms with Crippen molar-refractivity contribution in [1.29, 1.82) is 0 Å². The summed E-state index contributed by atoms with van der Waals surface area (Å²) < 4.78 is 0.951. The monoisotopic (exact) mass is 356 g/mol. The molecular weight excluding hydrogens is 340 g/mol. The SMILES string of the molecule is CC(C)c1ccc(C2=NC(C)N(N)C(Cl)=C2N)c(Br)c1. The van der Waals surface area contributed by atoms with Crippen LogP contribution >= 0.6 is 27.5 Å². The third-order valence-corrected chi connectivity index (χ3v) is 4.39. The summed E-state index contributed by atoms with van der Waals surface area (Å²) in [6.07, 6.45) is -0.249. The average Bonchev–Trinajstić information content (AvgIpc) is 2.40. The van der Waals surface area contributed by atoms with E-state index in [0.717, 1.165) is 10.0 Å².